The molecule has 3 heterocycles. The first kappa shape index (κ1) is 28.6. The summed E-state index contributed by atoms with van der Waals surface area (Å²) in [6.07, 6.45) is 1.88. The molecule has 218 valence electrons. The first-order valence-corrected chi connectivity index (χ1v) is 14.4. The van der Waals surface area contributed by atoms with Crippen LogP contribution in [0.1, 0.15) is 58.8 Å². The Hall–Kier alpha value is -3.92. The summed E-state index contributed by atoms with van der Waals surface area (Å²) in [5.41, 5.74) is 3.28. The second-order valence-electron chi connectivity index (χ2n) is 12.0. The molecule has 10 heteroatoms. The summed E-state index contributed by atoms with van der Waals surface area (Å²) in [4.78, 5) is 51.4. The van der Waals surface area contributed by atoms with E-state index in [-0.39, 0.29) is 18.0 Å². The van der Waals surface area contributed by atoms with Crippen LogP contribution < -0.4 is 10.6 Å². The minimum atomic E-state index is -0.819. The molecule has 3 N–H and O–H groups in total. The standard InChI is InChI=1S/C31H40N6O4/c1-19(36(5)30(40)41-31(2,3)4)28(38)34-24-18-32-17-16-21-14-15-25(37(21)29(24)39)27-33-23-13-9-12-22(26(23)35-27)20-10-7-6-8-11-20/h6-13,19,21,24-25,32H,14-18H2,1-5H3,(H,33,35)(H,34,38)/t19-,21+,24-,25-/m0/s1. The molecule has 0 spiro atoms. The number of carbonyl (C=O) groups excluding carboxylic acids is 3. The molecule has 41 heavy (non-hydrogen) atoms. The SMILES string of the molecule is C[C@@H](C(=O)N[C@H]1CNCC[C@H]2CC[C@@H](c3nc4cccc(-c5ccccc5)c4[nH]3)N2C1=O)N(C)C(=O)OC(C)(C)C. The average Bonchev–Trinajstić information content (AvgIpc) is 3.56. The molecule has 0 saturated carbocycles. The van der Waals surface area contributed by atoms with Crippen molar-refractivity contribution in [2.24, 2.45) is 0 Å². The third-order valence-corrected chi connectivity index (χ3v) is 7.95. The van der Waals surface area contributed by atoms with Gasteiger partial charge >= 0.3 is 6.09 Å². The largest absolute Gasteiger partial charge is 0.444 e. The van der Waals surface area contributed by atoms with Crippen molar-refractivity contribution in [3.8, 4) is 11.1 Å². The van der Waals surface area contributed by atoms with Crippen molar-refractivity contribution in [2.45, 2.75) is 76.7 Å². The molecule has 4 atom stereocenters. The zero-order valence-electron chi connectivity index (χ0n) is 24.4. The Morgan fingerprint density at radius 3 is 2.59 bits per heavy atom. The van der Waals surface area contributed by atoms with E-state index in [2.05, 4.69) is 33.8 Å². The average molecular weight is 561 g/mol. The minimum absolute atomic E-state index is 0.0448. The second kappa shape index (κ2) is 11.5. The number of fused-ring (bicyclic) bond motifs is 2. The second-order valence-corrected chi connectivity index (χ2v) is 12.0. The number of hydrogen-bond donors (Lipinski definition) is 3. The van der Waals surface area contributed by atoms with Crippen molar-refractivity contribution in [1.29, 1.82) is 0 Å². The number of carbonyl (C=O) groups is 3. The lowest BCUT2D eigenvalue weighted by atomic mass is 10.0. The van der Waals surface area contributed by atoms with E-state index in [1.807, 2.05) is 35.2 Å². The fraction of sp³-hybridized carbons (Fsp3) is 0.484. The predicted molar refractivity (Wildman–Crippen MR) is 157 cm³/mol. The summed E-state index contributed by atoms with van der Waals surface area (Å²) >= 11 is 0. The van der Waals surface area contributed by atoms with Crippen molar-refractivity contribution in [3.05, 3.63) is 54.4 Å². The molecule has 0 aliphatic carbocycles. The Kier molecular flexibility index (Phi) is 8.04. The first-order valence-electron chi connectivity index (χ1n) is 14.4. The molecule has 1 aromatic heterocycles. The molecule has 2 saturated heterocycles. The van der Waals surface area contributed by atoms with Gasteiger partial charge in [-0.2, -0.15) is 0 Å². The number of likely N-dealkylation sites (N-methyl/N-ethyl adjacent to an activating group) is 1. The summed E-state index contributed by atoms with van der Waals surface area (Å²) in [6.45, 7) is 7.99. The van der Waals surface area contributed by atoms with E-state index in [0.717, 1.165) is 53.8 Å². The first-order chi connectivity index (χ1) is 19.5. The molecular formula is C31H40N6O4. The van der Waals surface area contributed by atoms with Gasteiger partial charge in [0.25, 0.3) is 0 Å². The van der Waals surface area contributed by atoms with Gasteiger partial charge in [0.2, 0.25) is 11.8 Å². The lowest BCUT2D eigenvalue weighted by Gasteiger charge is -2.36. The van der Waals surface area contributed by atoms with Crippen LogP contribution in [0.5, 0.6) is 0 Å². The maximum Gasteiger partial charge on any atom is 0.410 e. The van der Waals surface area contributed by atoms with Gasteiger partial charge in [-0.05, 0) is 65.1 Å². The molecule has 5 rings (SSSR count). The highest BCUT2D eigenvalue weighted by molar-refractivity contribution is 5.93. The number of para-hydroxylation sites is 1. The van der Waals surface area contributed by atoms with Gasteiger partial charge in [-0.25, -0.2) is 9.78 Å². The van der Waals surface area contributed by atoms with E-state index in [9.17, 15) is 14.4 Å². The van der Waals surface area contributed by atoms with Gasteiger partial charge in [0.05, 0.1) is 17.1 Å². The highest BCUT2D eigenvalue weighted by atomic mass is 16.6. The van der Waals surface area contributed by atoms with Crippen LogP contribution in [0.4, 0.5) is 4.79 Å². The van der Waals surface area contributed by atoms with Crippen LogP contribution in [-0.2, 0) is 14.3 Å². The van der Waals surface area contributed by atoms with Crippen molar-refractivity contribution in [3.63, 3.8) is 0 Å². The fourth-order valence-corrected chi connectivity index (χ4v) is 5.69. The number of ether oxygens (including phenoxy) is 1. The molecule has 10 nitrogen and oxygen atoms in total. The monoisotopic (exact) mass is 560 g/mol. The Bertz CT molecular complexity index is 1410. The van der Waals surface area contributed by atoms with Gasteiger partial charge in [0, 0.05) is 25.2 Å². The Balaban J connectivity index is 1.37. The number of H-pyrrole nitrogens is 1. The summed E-state index contributed by atoms with van der Waals surface area (Å²) in [6, 6.07) is 14.5. The number of nitrogens with zero attached hydrogens (tertiary/aromatic N) is 3. The molecule has 2 aromatic carbocycles. The van der Waals surface area contributed by atoms with Crippen molar-refractivity contribution < 1.29 is 19.1 Å². The molecule has 2 aliphatic rings. The lowest BCUT2D eigenvalue weighted by molar-refractivity contribution is -0.140. The van der Waals surface area contributed by atoms with Crippen LogP contribution in [0, 0.1) is 0 Å². The maximum absolute atomic E-state index is 14.0. The van der Waals surface area contributed by atoms with Crippen LogP contribution in [0.3, 0.4) is 0 Å². The number of amides is 3. The molecule has 3 aromatic rings. The highest BCUT2D eigenvalue weighted by Gasteiger charge is 2.43. The van der Waals surface area contributed by atoms with Gasteiger partial charge in [-0.15, -0.1) is 0 Å². The molecular weight excluding hydrogens is 520 g/mol. The van der Waals surface area contributed by atoms with E-state index >= 15 is 0 Å². The Labute approximate surface area is 240 Å². The number of imidazole rings is 1. The number of rotatable bonds is 5. The number of hydrogen-bond acceptors (Lipinski definition) is 6. The zero-order valence-corrected chi connectivity index (χ0v) is 24.4. The Morgan fingerprint density at radius 2 is 1.85 bits per heavy atom. The Morgan fingerprint density at radius 1 is 1.10 bits per heavy atom. The summed E-state index contributed by atoms with van der Waals surface area (Å²) in [5.74, 6) is 0.201. The van der Waals surface area contributed by atoms with E-state index in [0.29, 0.717) is 6.54 Å². The van der Waals surface area contributed by atoms with E-state index in [1.54, 1.807) is 27.7 Å². The minimum Gasteiger partial charge on any atom is -0.444 e. The molecule has 2 fully saturated rings. The highest BCUT2D eigenvalue weighted by Crippen LogP contribution is 2.39. The third kappa shape index (κ3) is 6.07. The zero-order chi connectivity index (χ0) is 29.3. The molecule has 0 unspecified atom stereocenters. The van der Waals surface area contributed by atoms with Gasteiger partial charge in [-0.1, -0.05) is 42.5 Å². The quantitative estimate of drug-likeness (QED) is 0.434. The van der Waals surface area contributed by atoms with Crippen LogP contribution in [0.2, 0.25) is 0 Å². The van der Waals surface area contributed by atoms with Crippen molar-refractivity contribution in [1.82, 2.24) is 30.4 Å². The smallest absolute Gasteiger partial charge is 0.410 e. The van der Waals surface area contributed by atoms with Gasteiger partial charge in [-0.3, -0.25) is 14.5 Å². The van der Waals surface area contributed by atoms with Crippen LogP contribution in [0.15, 0.2) is 48.5 Å². The third-order valence-electron chi connectivity index (χ3n) is 7.95. The van der Waals surface area contributed by atoms with Gasteiger partial charge in [0.15, 0.2) is 0 Å². The topological polar surface area (TPSA) is 120 Å². The van der Waals surface area contributed by atoms with Gasteiger partial charge in [0.1, 0.15) is 23.5 Å². The molecule has 0 radical (unpaired) electrons. The fourth-order valence-electron chi connectivity index (χ4n) is 5.69. The number of benzene rings is 2. The molecule has 2 aliphatic heterocycles. The normalized spacial score (nSPS) is 22.0. The summed E-state index contributed by atoms with van der Waals surface area (Å²) in [7, 11) is 1.52. The number of aromatic nitrogens is 2. The van der Waals surface area contributed by atoms with Crippen molar-refractivity contribution in [2.75, 3.05) is 20.1 Å². The lowest BCUT2D eigenvalue weighted by Crippen LogP contribution is -2.59. The van der Waals surface area contributed by atoms with E-state index in [1.165, 1.54) is 11.9 Å². The predicted octanol–water partition coefficient (Wildman–Crippen LogP) is 4.00. The van der Waals surface area contributed by atoms with Crippen molar-refractivity contribution >= 4 is 28.9 Å². The molecule has 0 bridgehead atoms. The van der Waals surface area contributed by atoms with Crippen LogP contribution in [-0.4, -0.2) is 81.5 Å². The molecule has 3 amide bonds. The number of nitrogens with one attached hydrogen (secondary N) is 3. The number of aromatic amines is 1. The maximum atomic E-state index is 14.0. The van der Waals surface area contributed by atoms with Crippen LogP contribution in [0.25, 0.3) is 22.2 Å². The summed E-state index contributed by atoms with van der Waals surface area (Å²) in [5, 5.41) is 6.22. The van der Waals surface area contributed by atoms with E-state index in [4.69, 9.17) is 9.72 Å². The van der Waals surface area contributed by atoms with Crippen LogP contribution >= 0.6 is 0 Å². The van der Waals surface area contributed by atoms with Gasteiger partial charge < -0.3 is 25.3 Å². The summed E-state index contributed by atoms with van der Waals surface area (Å²) < 4.78 is 5.41. The van der Waals surface area contributed by atoms with E-state index < -0.39 is 29.7 Å².